The third-order valence-electron chi connectivity index (χ3n) is 5.63. The molecule has 148 valence electrons. The summed E-state index contributed by atoms with van der Waals surface area (Å²) < 4.78 is 5.70. The Hall–Kier alpha value is -2.76. The van der Waals surface area contributed by atoms with Crippen molar-refractivity contribution in [1.29, 1.82) is 0 Å². The lowest BCUT2D eigenvalue weighted by atomic mass is 9.99. The standard InChI is InChI=1S/C22H29N5O/c1-16-8-11-27(12-9-16)21-7-6-17(14-24-21)15-25-22(23)26-19-10-13-28-20-5-3-2-4-18(19)20/h2-7,14,16,19H,8-13,15H2,1H3,(H3,23,25,26). The van der Waals surface area contributed by atoms with Crippen molar-refractivity contribution in [2.75, 3.05) is 24.6 Å². The van der Waals surface area contributed by atoms with E-state index in [-0.39, 0.29) is 6.04 Å². The highest BCUT2D eigenvalue weighted by molar-refractivity contribution is 5.78. The summed E-state index contributed by atoms with van der Waals surface area (Å²) >= 11 is 0. The smallest absolute Gasteiger partial charge is 0.189 e. The highest BCUT2D eigenvalue weighted by Gasteiger charge is 2.21. The van der Waals surface area contributed by atoms with Crippen LogP contribution < -0.4 is 20.7 Å². The number of pyridine rings is 1. The summed E-state index contributed by atoms with van der Waals surface area (Å²) in [4.78, 5) is 11.5. The van der Waals surface area contributed by atoms with Gasteiger partial charge in [0.2, 0.25) is 0 Å². The number of rotatable bonds is 4. The third kappa shape index (κ3) is 4.38. The van der Waals surface area contributed by atoms with E-state index in [9.17, 15) is 0 Å². The van der Waals surface area contributed by atoms with Crippen LogP contribution in [0.3, 0.4) is 0 Å². The highest BCUT2D eigenvalue weighted by atomic mass is 16.5. The molecule has 0 spiro atoms. The maximum atomic E-state index is 6.14. The van der Waals surface area contributed by atoms with Crippen molar-refractivity contribution in [1.82, 2.24) is 10.3 Å². The number of para-hydroxylation sites is 1. The van der Waals surface area contributed by atoms with E-state index in [0.717, 1.165) is 48.1 Å². The molecule has 2 aliphatic rings. The summed E-state index contributed by atoms with van der Waals surface area (Å²) in [7, 11) is 0. The number of ether oxygens (including phenoxy) is 1. The Balaban J connectivity index is 1.34. The molecule has 6 heteroatoms. The largest absolute Gasteiger partial charge is 0.493 e. The van der Waals surface area contributed by atoms with Crippen LogP contribution in [-0.2, 0) is 6.54 Å². The zero-order chi connectivity index (χ0) is 19.3. The van der Waals surface area contributed by atoms with Crippen molar-refractivity contribution in [3.63, 3.8) is 0 Å². The summed E-state index contributed by atoms with van der Waals surface area (Å²) in [6.45, 7) is 5.71. The number of nitrogens with two attached hydrogens (primary N) is 1. The number of aliphatic imine (C=N–C) groups is 1. The van der Waals surface area contributed by atoms with E-state index in [2.05, 4.69) is 45.3 Å². The number of guanidine groups is 1. The molecule has 0 bridgehead atoms. The van der Waals surface area contributed by atoms with Gasteiger partial charge in [0, 0.05) is 31.3 Å². The molecule has 3 N–H and O–H groups in total. The molecule has 28 heavy (non-hydrogen) atoms. The van der Waals surface area contributed by atoms with Crippen LogP contribution in [0.25, 0.3) is 0 Å². The zero-order valence-electron chi connectivity index (χ0n) is 16.5. The first kappa shape index (κ1) is 18.6. The molecule has 1 fully saturated rings. The third-order valence-corrected chi connectivity index (χ3v) is 5.63. The van der Waals surface area contributed by atoms with Crippen LogP contribution in [0.2, 0.25) is 0 Å². The van der Waals surface area contributed by atoms with E-state index in [0.29, 0.717) is 19.1 Å². The molecule has 2 aromatic rings. The summed E-state index contributed by atoms with van der Waals surface area (Å²) in [5.41, 5.74) is 8.33. The first-order chi connectivity index (χ1) is 13.7. The first-order valence-corrected chi connectivity index (χ1v) is 10.2. The van der Waals surface area contributed by atoms with Crippen LogP contribution in [0.1, 0.15) is 43.4 Å². The summed E-state index contributed by atoms with van der Waals surface area (Å²) in [5.74, 6) is 3.26. The number of piperidine rings is 1. The summed E-state index contributed by atoms with van der Waals surface area (Å²) in [6, 6.07) is 12.4. The van der Waals surface area contributed by atoms with Crippen molar-refractivity contribution in [3.8, 4) is 5.75 Å². The second-order valence-corrected chi connectivity index (χ2v) is 7.77. The Morgan fingerprint density at radius 3 is 2.82 bits per heavy atom. The van der Waals surface area contributed by atoms with E-state index in [1.807, 2.05) is 24.4 Å². The summed E-state index contributed by atoms with van der Waals surface area (Å²) in [5, 5.41) is 3.33. The number of nitrogens with one attached hydrogen (secondary N) is 1. The lowest BCUT2D eigenvalue weighted by Gasteiger charge is -2.31. The van der Waals surface area contributed by atoms with Crippen LogP contribution in [0.4, 0.5) is 5.82 Å². The Labute approximate surface area is 166 Å². The second-order valence-electron chi connectivity index (χ2n) is 7.77. The van der Waals surface area contributed by atoms with Gasteiger partial charge in [-0.15, -0.1) is 0 Å². The zero-order valence-corrected chi connectivity index (χ0v) is 16.5. The number of anilines is 1. The van der Waals surface area contributed by atoms with Crippen LogP contribution in [-0.4, -0.2) is 30.6 Å². The monoisotopic (exact) mass is 379 g/mol. The highest BCUT2D eigenvalue weighted by Crippen LogP contribution is 2.31. The Morgan fingerprint density at radius 2 is 2.04 bits per heavy atom. The lowest BCUT2D eigenvalue weighted by Crippen LogP contribution is -2.37. The molecule has 1 saturated heterocycles. The van der Waals surface area contributed by atoms with Crippen molar-refractivity contribution < 1.29 is 4.74 Å². The van der Waals surface area contributed by atoms with E-state index in [1.54, 1.807) is 0 Å². The van der Waals surface area contributed by atoms with Gasteiger partial charge < -0.3 is 20.7 Å². The Kier molecular flexibility index (Phi) is 5.65. The predicted octanol–water partition coefficient (Wildman–Crippen LogP) is 3.25. The molecule has 1 aromatic carbocycles. The summed E-state index contributed by atoms with van der Waals surface area (Å²) in [6.07, 6.45) is 5.27. The quantitative estimate of drug-likeness (QED) is 0.630. The minimum absolute atomic E-state index is 0.135. The molecule has 4 rings (SSSR count). The van der Waals surface area contributed by atoms with E-state index in [1.165, 1.54) is 12.8 Å². The molecular formula is C22H29N5O. The predicted molar refractivity (Wildman–Crippen MR) is 113 cm³/mol. The van der Waals surface area contributed by atoms with Crippen molar-refractivity contribution in [3.05, 3.63) is 53.7 Å². The van der Waals surface area contributed by atoms with Crippen LogP contribution in [0.5, 0.6) is 5.75 Å². The number of aromatic nitrogens is 1. The molecule has 2 aliphatic heterocycles. The van der Waals surface area contributed by atoms with Gasteiger partial charge in [0.25, 0.3) is 0 Å². The molecule has 1 unspecified atom stereocenters. The normalized spacial score (nSPS) is 20.4. The molecule has 3 heterocycles. The van der Waals surface area contributed by atoms with E-state index >= 15 is 0 Å². The van der Waals surface area contributed by atoms with Gasteiger partial charge in [0.1, 0.15) is 11.6 Å². The number of nitrogens with zero attached hydrogens (tertiary/aromatic N) is 3. The first-order valence-electron chi connectivity index (χ1n) is 10.2. The SMILES string of the molecule is CC1CCN(c2ccc(CN=C(N)NC3CCOc4ccccc43)cn2)CC1. The average Bonchev–Trinajstić information content (AvgIpc) is 2.74. The van der Waals surface area contributed by atoms with E-state index in [4.69, 9.17) is 10.5 Å². The maximum absolute atomic E-state index is 6.14. The van der Waals surface area contributed by atoms with E-state index < -0.39 is 0 Å². The van der Waals surface area contributed by atoms with Crippen LogP contribution in [0.15, 0.2) is 47.6 Å². The van der Waals surface area contributed by atoms with Gasteiger partial charge in [-0.05, 0) is 36.5 Å². The van der Waals surface area contributed by atoms with Gasteiger partial charge in [-0.3, -0.25) is 0 Å². The van der Waals surface area contributed by atoms with Crippen molar-refractivity contribution in [2.45, 2.75) is 38.8 Å². The molecule has 0 amide bonds. The Bertz CT molecular complexity index is 812. The minimum Gasteiger partial charge on any atom is -0.493 e. The topological polar surface area (TPSA) is 75.8 Å². The van der Waals surface area contributed by atoms with Crippen molar-refractivity contribution in [2.24, 2.45) is 16.6 Å². The fourth-order valence-electron chi connectivity index (χ4n) is 3.83. The van der Waals surface area contributed by atoms with Crippen LogP contribution in [0, 0.1) is 5.92 Å². The van der Waals surface area contributed by atoms with Crippen molar-refractivity contribution >= 4 is 11.8 Å². The maximum Gasteiger partial charge on any atom is 0.189 e. The van der Waals surface area contributed by atoms with Gasteiger partial charge in [0.15, 0.2) is 5.96 Å². The molecular weight excluding hydrogens is 350 g/mol. The lowest BCUT2D eigenvalue weighted by molar-refractivity contribution is 0.262. The molecule has 0 radical (unpaired) electrons. The molecule has 1 atom stereocenters. The number of hydrogen-bond acceptors (Lipinski definition) is 4. The molecule has 0 saturated carbocycles. The second kappa shape index (κ2) is 8.50. The fourth-order valence-corrected chi connectivity index (χ4v) is 3.83. The van der Waals surface area contributed by atoms with Crippen LogP contribution >= 0.6 is 0 Å². The minimum atomic E-state index is 0.135. The number of benzene rings is 1. The molecule has 6 nitrogen and oxygen atoms in total. The number of fused-ring (bicyclic) bond motifs is 1. The van der Waals surface area contributed by atoms with Gasteiger partial charge in [0.05, 0.1) is 19.2 Å². The average molecular weight is 380 g/mol. The Morgan fingerprint density at radius 1 is 1.21 bits per heavy atom. The molecule has 0 aliphatic carbocycles. The fraction of sp³-hybridized carbons (Fsp3) is 0.455. The van der Waals surface area contributed by atoms with Gasteiger partial charge in [-0.2, -0.15) is 0 Å². The van der Waals surface area contributed by atoms with Gasteiger partial charge in [-0.1, -0.05) is 31.2 Å². The van der Waals surface area contributed by atoms with Gasteiger partial charge >= 0.3 is 0 Å². The molecule has 1 aromatic heterocycles. The van der Waals surface area contributed by atoms with Gasteiger partial charge in [-0.25, -0.2) is 9.98 Å². The number of hydrogen-bond donors (Lipinski definition) is 2.